The molecule has 1 saturated heterocycles. The van der Waals surface area contributed by atoms with E-state index in [-0.39, 0.29) is 30.2 Å². The summed E-state index contributed by atoms with van der Waals surface area (Å²) >= 11 is 0. The van der Waals surface area contributed by atoms with Gasteiger partial charge in [0, 0.05) is 25.3 Å². The highest BCUT2D eigenvalue weighted by molar-refractivity contribution is 5.90. The van der Waals surface area contributed by atoms with Gasteiger partial charge in [-0.05, 0) is 42.7 Å². The smallest absolute Gasteiger partial charge is 0.422 e. The van der Waals surface area contributed by atoms with Gasteiger partial charge in [-0.3, -0.25) is 4.79 Å². The first kappa shape index (κ1) is 22.5. The molecule has 0 spiro atoms. The number of urea groups is 1. The van der Waals surface area contributed by atoms with Crippen molar-refractivity contribution in [2.45, 2.75) is 25.6 Å². The standard InChI is InChI=1S/C22H24F3N3O3/c23-22(24,25)15-31-19-10-4-6-16(12-19)13-26-20(29)17-7-5-11-28(14-17)21(30)27-18-8-2-1-3-9-18/h1-4,6,8-10,12,17H,5,7,11,13-15H2,(H,26,29)(H,27,30). The molecule has 166 valence electrons. The average molecular weight is 435 g/mol. The molecule has 1 atom stereocenters. The van der Waals surface area contributed by atoms with Crippen molar-refractivity contribution in [1.29, 1.82) is 0 Å². The third kappa shape index (κ3) is 7.20. The number of likely N-dealkylation sites (tertiary alicyclic amines) is 1. The number of carbonyl (C=O) groups excluding carboxylic acids is 2. The van der Waals surface area contributed by atoms with Gasteiger partial charge in [0.25, 0.3) is 0 Å². The largest absolute Gasteiger partial charge is 0.484 e. The second-order valence-corrected chi connectivity index (χ2v) is 7.35. The molecule has 1 heterocycles. The highest BCUT2D eigenvalue weighted by Crippen LogP contribution is 2.21. The summed E-state index contributed by atoms with van der Waals surface area (Å²) < 4.78 is 41.6. The Hall–Kier alpha value is -3.23. The highest BCUT2D eigenvalue weighted by Gasteiger charge is 2.29. The van der Waals surface area contributed by atoms with Crippen LogP contribution in [0.4, 0.5) is 23.7 Å². The van der Waals surface area contributed by atoms with Crippen molar-refractivity contribution >= 4 is 17.6 Å². The van der Waals surface area contributed by atoms with Crippen LogP contribution < -0.4 is 15.4 Å². The molecule has 3 amide bonds. The van der Waals surface area contributed by atoms with E-state index in [1.54, 1.807) is 29.2 Å². The zero-order chi connectivity index (χ0) is 22.3. The monoisotopic (exact) mass is 435 g/mol. The molecule has 2 N–H and O–H groups in total. The van der Waals surface area contributed by atoms with Gasteiger partial charge in [-0.25, -0.2) is 4.79 Å². The zero-order valence-corrected chi connectivity index (χ0v) is 16.8. The molecule has 2 aromatic rings. The van der Waals surface area contributed by atoms with E-state index in [1.807, 2.05) is 18.2 Å². The first-order valence-electron chi connectivity index (χ1n) is 9.97. The van der Waals surface area contributed by atoms with Crippen molar-refractivity contribution < 1.29 is 27.5 Å². The number of piperidine rings is 1. The van der Waals surface area contributed by atoms with Gasteiger partial charge in [-0.2, -0.15) is 13.2 Å². The lowest BCUT2D eigenvalue weighted by atomic mass is 9.97. The zero-order valence-electron chi connectivity index (χ0n) is 16.8. The Morgan fingerprint density at radius 3 is 2.61 bits per heavy atom. The number of hydrogen-bond donors (Lipinski definition) is 2. The van der Waals surface area contributed by atoms with Crippen LogP contribution in [-0.2, 0) is 11.3 Å². The molecule has 0 bridgehead atoms. The summed E-state index contributed by atoms with van der Waals surface area (Å²) in [5.74, 6) is -0.454. The molecule has 0 aliphatic carbocycles. The number of nitrogens with zero attached hydrogens (tertiary/aromatic N) is 1. The number of carbonyl (C=O) groups is 2. The summed E-state index contributed by atoms with van der Waals surface area (Å²) in [5, 5.41) is 5.62. The van der Waals surface area contributed by atoms with Crippen LogP contribution in [0.15, 0.2) is 54.6 Å². The van der Waals surface area contributed by atoms with Gasteiger partial charge in [0.2, 0.25) is 5.91 Å². The Morgan fingerprint density at radius 2 is 1.87 bits per heavy atom. The quantitative estimate of drug-likeness (QED) is 0.715. The molecule has 2 aromatic carbocycles. The Bertz CT molecular complexity index is 890. The first-order chi connectivity index (χ1) is 14.8. The van der Waals surface area contributed by atoms with Crippen LogP contribution >= 0.6 is 0 Å². The van der Waals surface area contributed by atoms with Crippen molar-refractivity contribution in [2.75, 3.05) is 25.0 Å². The number of para-hydroxylation sites is 1. The van der Waals surface area contributed by atoms with E-state index >= 15 is 0 Å². The third-order valence-corrected chi connectivity index (χ3v) is 4.87. The minimum atomic E-state index is -4.41. The molecule has 31 heavy (non-hydrogen) atoms. The van der Waals surface area contributed by atoms with Crippen LogP contribution in [0.25, 0.3) is 0 Å². The van der Waals surface area contributed by atoms with Gasteiger partial charge in [0.1, 0.15) is 5.75 Å². The Labute approximate surface area is 178 Å². The van der Waals surface area contributed by atoms with Crippen molar-refractivity contribution in [3.8, 4) is 5.75 Å². The predicted molar refractivity (Wildman–Crippen MR) is 110 cm³/mol. The van der Waals surface area contributed by atoms with Gasteiger partial charge in [0.15, 0.2) is 6.61 Å². The third-order valence-electron chi connectivity index (χ3n) is 4.87. The average Bonchev–Trinajstić information content (AvgIpc) is 2.76. The molecule has 1 aliphatic heterocycles. The van der Waals surface area contributed by atoms with Crippen LogP contribution in [0.2, 0.25) is 0 Å². The minimum Gasteiger partial charge on any atom is -0.484 e. The van der Waals surface area contributed by atoms with Crippen LogP contribution in [0.1, 0.15) is 18.4 Å². The molecule has 3 rings (SSSR count). The number of amides is 3. The van der Waals surface area contributed by atoms with Crippen molar-refractivity contribution in [3.63, 3.8) is 0 Å². The molecule has 1 unspecified atom stereocenters. The summed E-state index contributed by atoms with van der Waals surface area (Å²) in [5.41, 5.74) is 1.31. The molecular formula is C22H24F3N3O3. The van der Waals surface area contributed by atoms with E-state index in [2.05, 4.69) is 10.6 Å². The fourth-order valence-corrected chi connectivity index (χ4v) is 3.34. The molecule has 0 aromatic heterocycles. The number of hydrogen-bond acceptors (Lipinski definition) is 3. The van der Waals surface area contributed by atoms with Crippen molar-refractivity contribution in [1.82, 2.24) is 10.2 Å². The van der Waals surface area contributed by atoms with Gasteiger partial charge in [-0.15, -0.1) is 0 Å². The topological polar surface area (TPSA) is 70.7 Å². The second kappa shape index (κ2) is 10.2. The summed E-state index contributed by atoms with van der Waals surface area (Å²) in [6.45, 7) is -0.333. The van der Waals surface area contributed by atoms with E-state index < -0.39 is 12.8 Å². The van der Waals surface area contributed by atoms with E-state index in [4.69, 9.17) is 4.74 Å². The second-order valence-electron chi connectivity index (χ2n) is 7.35. The van der Waals surface area contributed by atoms with Crippen LogP contribution in [0.5, 0.6) is 5.75 Å². The first-order valence-corrected chi connectivity index (χ1v) is 9.97. The van der Waals surface area contributed by atoms with Gasteiger partial charge < -0.3 is 20.3 Å². The molecular weight excluding hydrogens is 411 g/mol. The van der Waals surface area contributed by atoms with Gasteiger partial charge in [0.05, 0.1) is 5.92 Å². The lowest BCUT2D eigenvalue weighted by Crippen LogP contribution is -2.46. The maximum absolute atomic E-state index is 12.6. The summed E-state index contributed by atoms with van der Waals surface area (Å²) in [6, 6.07) is 15.0. The number of nitrogens with one attached hydrogen (secondary N) is 2. The molecule has 0 radical (unpaired) electrons. The number of halogens is 3. The van der Waals surface area contributed by atoms with E-state index in [0.717, 1.165) is 0 Å². The normalized spacial score (nSPS) is 16.5. The lowest BCUT2D eigenvalue weighted by molar-refractivity contribution is -0.153. The van der Waals surface area contributed by atoms with Crippen LogP contribution in [0.3, 0.4) is 0 Å². The van der Waals surface area contributed by atoms with Crippen LogP contribution in [0, 0.1) is 5.92 Å². The molecule has 1 fully saturated rings. The highest BCUT2D eigenvalue weighted by atomic mass is 19.4. The number of anilines is 1. The Kier molecular flexibility index (Phi) is 7.38. The molecule has 9 heteroatoms. The maximum Gasteiger partial charge on any atom is 0.422 e. The summed E-state index contributed by atoms with van der Waals surface area (Å²) in [4.78, 5) is 26.7. The fourth-order valence-electron chi connectivity index (χ4n) is 3.34. The molecule has 1 aliphatic rings. The number of alkyl halides is 3. The minimum absolute atomic E-state index is 0.0884. The van der Waals surface area contributed by atoms with E-state index in [0.29, 0.717) is 37.2 Å². The Balaban J connectivity index is 1.49. The lowest BCUT2D eigenvalue weighted by Gasteiger charge is -2.32. The number of benzene rings is 2. The van der Waals surface area contributed by atoms with Crippen LogP contribution in [-0.4, -0.2) is 42.7 Å². The van der Waals surface area contributed by atoms with Gasteiger partial charge in [-0.1, -0.05) is 30.3 Å². The fraction of sp³-hybridized carbons (Fsp3) is 0.364. The van der Waals surface area contributed by atoms with Gasteiger partial charge >= 0.3 is 12.2 Å². The van der Waals surface area contributed by atoms with Crippen molar-refractivity contribution in [3.05, 3.63) is 60.2 Å². The maximum atomic E-state index is 12.6. The van der Waals surface area contributed by atoms with E-state index in [1.165, 1.54) is 12.1 Å². The Morgan fingerprint density at radius 1 is 1.10 bits per heavy atom. The summed E-state index contributed by atoms with van der Waals surface area (Å²) in [7, 11) is 0. The molecule has 0 saturated carbocycles. The van der Waals surface area contributed by atoms with E-state index in [9.17, 15) is 22.8 Å². The van der Waals surface area contributed by atoms with Crippen molar-refractivity contribution in [2.24, 2.45) is 5.92 Å². The summed E-state index contributed by atoms with van der Waals surface area (Å²) in [6.07, 6.45) is -3.04. The predicted octanol–water partition coefficient (Wildman–Crippen LogP) is 4.19. The number of ether oxygens (including phenoxy) is 1. The molecule has 6 nitrogen and oxygen atoms in total. The number of rotatable bonds is 6. The SMILES string of the molecule is O=C(NCc1cccc(OCC(F)(F)F)c1)C1CCCN(C(=O)Nc2ccccc2)C1.